The third kappa shape index (κ3) is 2.70. The van der Waals surface area contributed by atoms with Crippen LogP contribution in [-0.2, 0) is 16.1 Å². The number of rotatable bonds is 4. The van der Waals surface area contributed by atoms with Crippen LogP contribution in [0.1, 0.15) is 12.6 Å². The molecule has 5 nitrogen and oxygen atoms in total. The van der Waals surface area contributed by atoms with Crippen LogP contribution in [0.5, 0.6) is 0 Å². The average molecular weight is 339 g/mol. The van der Waals surface area contributed by atoms with Crippen LogP contribution in [0, 0.1) is 6.92 Å². The van der Waals surface area contributed by atoms with Crippen LogP contribution in [-0.4, -0.2) is 27.6 Å². The lowest BCUT2D eigenvalue weighted by Crippen LogP contribution is -2.42. The fourth-order valence-corrected chi connectivity index (χ4v) is 2.79. The number of carbonyl (C=O) groups excluding carboxylic acids is 1. The summed E-state index contributed by atoms with van der Waals surface area (Å²) in [6, 6.07) is 6.78. The van der Waals surface area contributed by atoms with Gasteiger partial charge < -0.3 is 15.0 Å². The predicted molar refractivity (Wildman–Crippen MR) is 79.6 cm³/mol. The zero-order chi connectivity index (χ0) is 14.9. The molecule has 0 saturated carbocycles. The van der Waals surface area contributed by atoms with E-state index in [1.54, 1.807) is 0 Å². The van der Waals surface area contributed by atoms with Gasteiger partial charge in [-0.25, -0.2) is 4.79 Å². The topological polar surface area (TPSA) is 71.3 Å². The molecule has 0 aliphatic carbocycles. The molecule has 2 rings (SSSR count). The molecule has 1 aromatic heterocycles. The lowest BCUT2D eigenvalue weighted by Gasteiger charge is -2.16. The molecule has 0 aliphatic heterocycles. The SMILES string of the molecule is CC(=O)NC(Cn1c(C)c(Br)c2ccccc21)C(=O)O. The number of nitrogens with one attached hydrogen (secondary N) is 1. The number of halogens is 1. The van der Waals surface area contributed by atoms with Gasteiger partial charge in [-0.05, 0) is 28.9 Å². The smallest absolute Gasteiger partial charge is 0.328 e. The molecular weight excluding hydrogens is 324 g/mol. The van der Waals surface area contributed by atoms with E-state index in [2.05, 4.69) is 21.2 Å². The second kappa shape index (κ2) is 5.66. The number of carboxylic acids is 1. The normalized spacial score (nSPS) is 12.3. The van der Waals surface area contributed by atoms with Gasteiger partial charge in [0.1, 0.15) is 6.04 Å². The molecule has 1 aromatic carbocycles. The first-order chi connectivity index (χ1) is 9.41. The van der Waals surface area contributed by atoms with Crippen molar-refractivity contribution in [2.75, 3.05) is 0 Å². The molecule has 0 fully saturated rings. The summed E-state index contributed by atoms with van der Waals surface area (Å²) >= 11 is 3.52. The largest absolute Gasteiger partial charge is 0.480 e. The monoisotopic (exact) mass is 338 g/mol. The molecule has 2 aromatic rings. The summed E-state index contributed by atoms with van der Waals surface area (Å²) in [5.74, 6) is -1.40. The van der Waals surface area contributed by atoms with Gasteiger partial charge in [0.2, 0.25) is 5.91 Å². The second-order valence-corrected chi connectivity index (χ2v) is 5.41. The van der Waals surface area contributed by atoms with E-state index in [1.807, 2.05) is 35.8 Å². The van der Waals surface area contributed by atoms with Crippen LogP contribution < -0.4 is 5.32 Å². The van der Waals surface area contributed by atoms with Gasteiger partial charge in [-0.2, -0.15) is 0 Å². The molecule has 1 heterocycles. The first kappa shape index (κ1) is 14.6. The molecule has 1 amide bonds. The standard InChI is InChI=1S/C14H15BrN2O3/c1-8-13(15)10-5-3-4-6-12(10)17(8)7-11(14(19)20)16-9(2)18/h3-6,11H,7H2,1-2H3,(H,16,18)(H,19,20). The fraction of sp³-hybridized carbons (Fsp3) is 0.286. The molecule has 1 unspecified atom stereocenters. The van der Waals surface area contributed by atoms with Crippen LogP contribution in [0.3, 0.4) is 0 Å². The number of fused-ring (bicyclic) bond motifs is 1. The maximum absolute atomic E-state index is 11.3. The van der Waals surface area contributed by atoms with Gasteiger partial charge in [0.05, 0.1) is 6.54 Å². The molecule has 0 saturated heterocycles. The number of hydrogen-bond acceptors (Lipinski definition) is 2. The summed E-state index contributed by atoms with van der Waals surface area (Å²) in [6.45, 7) is 3.41. The number of hydrogen-bond donors (Lipinski definition) is 2. The lowest BCUT2D eigenvalue weighted by atomic mass is 10.2. The Labute approximate surface area is 124 Å². The molecule has 1 atom stereocenters. The van der Waals surface area contributed by atoms with Crippen LogP contribution in [0.4, 0.5) is 0 Å². The van der Waals surface area contributed by atoms with Crippen LogP contribution in [0.2, 0.25) is 0 Å². The molecule has 0 radical (unpaired) electrons. The lowest BCUT2D eigenvalue weighted by molar-refractivity contribution is -0.141. The molecule has 6 heteroatoms. The Kier molecular flexibility index (Phi) is 4.13. The molecule has 0 bridgehead atoms. The molecular formula is C14H15BrN2O3. The molecule has 20 heavy (non-hydrogen) atoms. The van der Waals surface area contributed by atoms with Gasteiger partial charge in [0.15, 0.2) is 0 Å². The van der Waals surface area contributed by atoms with Crippen molar-refractivity contribution in [3.05, 3.63) is 34.4 Å². The minimum absolute atomic E-state index is 0.187. The summed E-state index contributed by atoms with van der Waals surface area (Å²) in [7, 11) is 0. The Morgan fingerprint density at radius 1 is 1.40 bits per heavy atom. The molecule has 106 valence electrons. The van der Waals surface area contributed by atoms with Gasteiger partial charge >= 0.3 is 5.97 Å². The van der Waals surface area contributed by atoms with E-state index in [-0.39, 0.29) is 12.5 Å². The third-order valence-electron chi connectivity index (χ3n) is 3.19. The average Bonchev–Trinajstić information content (AvgIpc) is 2.63. The zero-order valence-corrected chi connectivity index (χ0v) is 12.8. The van der Waals surface area contributed by atoms with Gasteiger partial charge in [-0.3, -0.25) is 4.79 Å². The maximum atomic E-state index is 11.3. The Balaban J connectivity index is 2.44. The first-order valence-corrected chi connectivity index (χ1v) is 6.94. The number of amides is 1. The van der Waals surface area contributed by atoms with Crippen molar-refractivity contribution in [1.82, 2.24) is 9.88 Å². The van der Waals surface area contributed by atoms with Gasteiger partial charge in [0, 0.05) is 28.0 Å². The van der Waals surface area contributed by atoms with Gasteiger partial charge in [-0.15, -0.1) is 0 Å². The summed E-state index contributed by atoms with van der Waals surface area (Å²) < 4.78 is 2.84. The highest BCUT2D eigenvalue weighted by molar-refractivity contribution is 9.10. The van der Waals surface area contributed by atoms with Crippen molar-refractivity contribution < 1.29 is 14.7 Å². The molecule has 0 spiro atoms. The highest BCUT2D eigenvalue weighted by Gasteiger charge is 2.21. The van der Waals surface area contributed by atoms with Crippen molar-refractivity contribution in [3.8, 4) is 0 Å². The highest BCUT2D eigenvalue weighted by atomic mass is 79.9. The maximum Gasteiger partial charge on any atom is 0.328 e. The number of aromatic nitrogens is 1. The zero-order valence-electron chi connectivity index (χ0n) is 11.2. The third-order valence-corrected chi connectivity index (χ3v) is 4.20. The van der Waals surface area contributed by atoms with Gasteiger partial charge in [0.25, 0.3) is 0 Å². The quantitative estimate of drug-likeness (QED) is 0.898. The Hall–Kier alpha value is -1.82. The van der Waals surface area contributed by atoms with Crippen LogP contribution in [0.25, 0.3) is 10.9 Å². The Bertz CT molecular complexity index is 678. The number of carbonyl (C=O) groups is 2. The Morgan fingerprint density at radius 2 is 2.05 bits per heavy atom. The number of para-hydroxylation sites is 1. The predicted octanol–water partition coefficient (Wildman–Crippen LogP) is 2.30. The minimum Gasteiger partial charge on any atom is -0.480 e. The van der Waals surface area contributed by atoms with Crippen molar-refractivity contribution in [3.63, 3.8) is 0 Å². The van der Waals surface area contributed by atoms with Gasteiger partial charge in [-0.1, -0.05) is 18.2 Å². The summed E-state index contributed by atoms with van der Waals surface area (Å²) in [5.41, 5.74) is 1.87. The van der Waals surface area contributed by atoms with Crippen LogP contribution >= 0.6 is 15.9 Å². The second-order valence-electron chi connectivity index (χ2n) is 4.62. The number of carboxylic acid groups (broad SMARTS) is 1. The van der Waals surface area contributed by atoms with E-state index in [0.29, 0.717) is 0 Å². The Morgan fingerprint density at radius 3 is 2.65 bits per heavy atom. The fourth-order valence-electron chi connectivity index (χ4n) is 2.24. The van der Waals surface area contributed by atoms with E-state index >= 15 is 0 Å². The first-order valence-electron chi connectivity index (χ1n) is 6.15. The van der Waals surface area contributed by atoms with Crippen LogP contribution in [0.15, 0.2) is 28.7 Å². The summed E-state index contributed by atoms with van der Waals surface area (Å²) in [6.07, 6.45) is 0. The molecule has 2 N–H and O–H groups in total. The number of aliphatic carboxylic acids is 1. The summed E-state index contributed by atoms with van der Waals surface area (Å²) in [4.78, 5) is 22.4. The number of nitrogens with zero attached hydrogens (tertiary/aromatic N) is 1. The van der Waals surface area contributed by atoms with Crippen molar-refractivity contribution in [2.45, 2.75) is 26.4 Å². The van der Waals surface area contributed by atoms with E-state index in [1.165, 1.54) is 6.92 Å². The van der Waals surface area contributed by atoms with E-state index < -0.39 is 12.0 Å². The van der Waals surface area contributed by atoms with E-state index in [9.17, 15) is 14.7 Å². The van der Waals surface area contributed by atoms with Crippen molar-refractivity contribution in [2.24, 2.45) is 0 Å². The molecule has 0 aliphatic rings. The number of benzene rings is 1. The highest BCUT2D eigenvalue weighted by Crippen LogP contribution is 2.30. The van der Waals surface area contributed by atoms with Crippen molar-refractivity contribution in [1.29, 1.82) is 0 Å². The minimum atomic E-state index is -1.05. The summed E-state index contributed by atoms with van der Waals surface area (Å²) in [5, 5.41) is 12.7. The van der Waals surface area contributed by atoms with Crippen molar-refractivity contribution >= 4 is 38.7 Å². The van der Waals surface area contributed by atoms with E-state index in [4.69, 9.17) is 0 Å². The van der Waals surface area contributed by atoms with E-state index in [0.717, 1.165) is 21.1 Å².